The molecule has 0 radical (unpaired) electrons. The van der Waals surface area contributed by atoms with Crippen molar-refractivity contribution in [2.24, 2.45) is 11.7 Å². The van der Waals surface area contributed by atoms with Gasteiger partial charge < -0.3 is 30.3 Å². The first-order valence-corrected chi connectivity index (χ1v) is 12.1. The number of benzene rings is 1. The first-order valence-electron chi connectivity index (χ1n) is 12.1. The molecule has 1 aromatic carbocycles. The molecular formula is C25H28F3N5O5. The number of hydrogen-bond acceptors (Lipinski definition) is 8. The summed E-state index contributed by atoms with van der Waals surface area (Å²) in [7, 11) is 1.33. The molecule has 1 aliphatic rings. The first-order chi connectivity index (χ1) is 18.0. The Morgan fingerprint density at radius 1 is 1.18 bits per heavy atom. The number of pyridine rings is 1. The Hall–Kier alpha value is -3.87. The van der Waals surface area contributed by atoms with Crippen molar-refractivity contribution in [3.63, 3.8) is 0 Å². The molecular weight excluding hydrogens is 507 g/mol. The Kier molecular flexibility index (Phi) is 7.76. The number of hydrogen-bond donors (Lipinski definition) is 3. The molecule has 1 fully saturated rings. The van der Waals surface area contributed by atoms with Gasteiger partial charge in [0, 0.05) is 24.0 Å². The number of fused-ring (bicyclic) bond motifs is 1. The van der Waals surface area contributed by atoms with Crippen molar-refractivity contribution in [1.29, 1.82) is 0 Å². The molecule has 3 aromatic rings. The van der Waals surface area contributed by atoms with Gasteiger partial charge in [-0.1, -0.05) is 0 Å². The van der Waals surface area contributed by atoms with Crippen LogP contribution in [0.2, 0.25) is 0 Å². The molecule has 38 heavy (non-hydrogen) atoms. The van der Waals surface area contributed by atoms with Crippen LogP contribution in [0.25, 0.3) is 22.4 Å². The van der Waals surface area contributed by atoms with Crippen molar-refractivity contribution in [1.82, 2.24) is 20.6 Å². The largest absolute Gasteiger partial charge is 0.494 e. The molecule has 0 bridgehead atoms. The molecule has 4 N–H and O–H groups in total. The number of rotatable bonds is 8. The predicted molar refractivity (Wildman–Crippen MR) is 130 cm³/mol. The van der Waals surface area contributed by atoms with Crippen LogP contribution in [0.5, 0.6) is 5.75 Å². The Morgan fingerprint density at radius 3 is 2.55 bits per heavy atom. The summed E-state index contributed by atoms with van der Waals surface area (Å²) >= 11 is 0. The van der Waals surface area contributed by atoms with Gasteiger partial charge in [0.2, 0.25) is 5.89 Å². The average molecular weight is 536 g/mol. The van der Waals surface area contributed by atoms with Gasteiger partial charge in [0.1, 0.15) is 23.1 Å². The highest BCUT2D eigenvalue weighted by molar-refractivity contribution is 5.98. The maximum Gasteiger partial charge on any atom is 0.433 e. The van der Waals surface area contributed by atoms with Crippen molar-refractivity contribution < 1.29 is 36.7 Å². The number of nitrogens with one attached hydrogen (secondary N) is 2. The lowest BCUT2D eigenvalue weighted by molar-refractivity contribution is -0.140. The molecule has 2 aromatic heterocycles. The summed E-state index contributed by atoms with van der Waals surface area (Å²) in [4.78, 5) is 32.6. The quantitative estimate of drug-likeness (QED) is 0.390. The van der Waals surface area contributed by atoms with Gasteiger partial charge in [0.05, 0.1) is 13.2 Å². The molecule has 10 nitrogen and oxygen atoms in total. The second kappa shape index (κ2) is 10.9. The van der Waals surface area contributed by atoms with E-state index in [1.807, 2.05) is 0 Å². The number of alkyl carbamates (subject to hydrolysis) is 1. The minimum absolute atomic E-state index is 0.00991. The molecule has 1 aliphatic carbocycles. The van der Waals surface area contributed by atoms with E-state index in [-0.39, 0.29) is 40.6 Å². The molecule has 0 spiro atoms. The van der Waals surface area contributed by atoms with Gasteiger partial charge in [-0.3, -0.25) is 4.79 Å². The number of alkyl halides is 3. The number of amides is 2. The van der Waals surface area contributed by atoms with E-state index in [2.05, 4.69) is 20.6 Å². The number of halogens is 3. The van der Waals surface area contributed by atoms with E-state index < -0.39 is 29.9 Å². The van der Waals surface area contributed by atoms with E-state index in [1.165, 1.54) is 19.2 Å². The summed E-state index contributed by atoms with van der Waals surface area (Å²) < 4.78 is 56.1. The van der Waals surface area contributed by atoms with Crippen LogP contribution in [-0.2, 0) is 10.9 Å². The first kappa shape index (κ1) is 27.2. The maximum absolute atomic E-state index is 13.3. The van der Waals surface area contributed by atoms with E-state index >= 15 is 0 Å². The van der Waals surface area contributed by atoms with Crippen molar-refractivity contribution in [2.75, 3.05) is 20.2 Å². The Labute approximate surface area is 216 Å². The minimum atomic E-state index is -4.64. The standard InChI is InChI=1S/C25H28F3N5O5/c1-4-30-24(35)37-14-9-13(10-14)11-31-22(34)20-21(12(2)29)38-23(33-20)16-5-7-17(36-3)19-15(16)6-8-18(32-19)25(26,27)28/h5-8,12-14H,4,9-11,29H2,1-3H3,(H,30,35)(H,31,34)/t12-,13?,14?/m0/s1. The third kappa shape index (κ3) is 5.67. The highest BCUT2D eigenvalue weighted by Crippen LogP contribution is 2.37. The Morgan fingerprint density at radius 2 is 1.92 bits per heavy atom. The Balaban J connectivity index is 1.55. The van der Waals surface area contributed by atoms with Gasteiger partial charge in [-0.15, -0.1) is 0 Å². The predicted octanol–water partition coefficient (Wildman–Crippen LogP) is 4.19. The van der Waals surface area contributed by atoms with E-state index in [4.69, 9.17) is 19.6 Å². The number of oxazole rings is 1. The number of carbonyl (C=O) groups is 2. The van der Waals surface area contributed by atoms with E-state index in [1.54, 1.807) is 19.9 Å². The zero-order valence-corrected chi connectivity index (χ0v) is 21.0. The molecule has 0 unspecified atom stereocenters. The average Bonchev–Trinajstić information content (AvgIpc) is 3.29. The lowest BCUT2D eigenvalue weighted by Crippen LogP contribution is -2.42. The molecule has 13 heteroatoms. The third-order valence-corrected chi connectivity index (χ3v) is 6.18. The van der Waals surface area contributed by atoms with E-state index in [0.29, 0.717) is 36.9 Å². The van der Waals surface area contributed by atoms with Gasteiger partial charge in [-0.25, -0.2) is 14.8 Å². The second-order valence-corrected chi connectivity index (χ2v) is 9.03. The number of carbonyl (C=O) groups excluding carboxylic acids is 2. The molecule has 2 amide bonds. The van der Waals surface area contributed by atoms with Gasteiger partial charge in [-0.05, 0) is 56.9 Å². The number of nitrogens with zero attached hydrogens (tertiary/aromatic N) is 2. The molecule has 204 valence electrons. The zero-order chi connectivity index (χ0) is 27.6. The van der Waals surface area contributed by atoms with Crippen LogP contribution in [0.4, 0.5) is 18.0 Å². The monoisotopic (exact) mass is 535 g/mol. The second-order valence-electron chi connectivity index (χ2n) is 9.03. The van der Waals surface area contributed by atoms with Crippen LogP contribution in [0.3, 0.4) is 0 Å². The number of nitrogens with two attached hydrogens (primary N) is 1. The van der Waals surface area contributed by atoms with Gasteiger partial charge in [-0.2, -0.15) is 13.2 Å². The SMILES string of the molecule is CCNC(=O)OC1CC(CNC(=O)c2nc(-c3ccc(OC)c4nc(C(F)(F)F)ccc34)oc2[C@H](C)N)C1. The van der Waals surface area contributed by atoms with Crippen molar-refractivity contribution in [3.05, 3.63) is 41.4 Å². The van der Waals surface area contributed by atoms with Gasteiger partial charge in [0.25, 0.3) is 5.91 Å². The van der Waals surface area contributed by atoms with Crippen LogP contribution < -0.4 is 21.1 Å². The van der Waals surface area contributed by atoms with Crippen LogP contribution >= 0.6 is 0 Å². The van der Waals surface area contributed by atoms with Crippen LogP contribution in [0, 0.1) is 5.92 Å². The van der Waals surface area contributed by atoms with Crippen molar-refractivity contribution >= 4 is 22.9 Å². The van der Waals surface area contributed by atoms with Crippen LogP contribution in [-0.4, -0.2) is 48.3 Å². The van der Waals surface area contributed by atoms with Crippen molar-refractivity contribution in [2.45, 2.75) is 45.0 Å². The highest BCUT2D eigenvalue weighted by Gasteiger charge is 2.34. The summed E-state index contributed by atoms with van der Waals surface area (Å²) in [6.45, 7) is 4.23. The summed E-state index contributed by atoms with van der Waals surface area (Å²) in [6.07, 6.45) is -4.07. The van der Waals surface area contributed by atoms with Crippen LogP contribution in [0.15, 0.2) is 28.7 Å². The van der Waals surface area contributed by atoms with E-state index in [9.17, 15) is 22.8 Å². The smallest absolute Gasteiger partial charge is 0.433 e. The zero-order valence-electron chi connectivity index (χ0n) is 21.0. The van der Waals surface area contributed by atoms with E-state index in [0.717, 1.165) is 6.07 Å². The lowest BCUT2D eigenvalue weighted by Gasteiger charge is -2.34. The van der Waals surface area contributed by atoms with Gasteiger partial charge in [0.15, 0.2) is 11.5 Å². The summed E-state index contributed by atoms with van der Waals surface area (Å²) in [5.41, 5.74) is 5.24. The fourth-order valence-corrected chi connectivity index (χ4v) is 4.22. The fraction of sp³-hybridized carbons (Fsp3) is 0.440. The fourth-order valence-electron chi connectivity index (χ4n) is 4.22. The minimum Gasteiger partial charge on any atom is -0.494 e. The van der Waals surface area contributed by atoms with Gasteiger partial charge >= 0.3 is 12.3 Å². The number of ether oxygens (including phenoxy) is 2. The molecule has 1 atom stereocenters. The van der Waals surface area contributed by atoms with Crippen molar-refractivity contribution in [3.8, 4) is 17.2 Å². The Bertz CT molecular complexity index is 1330. The third-order valence-electron chi connectivity index (χ3n) is 6.18. The summed E-state index contributed by atoms with van der Waals surface area (Å²) in [5.74, 6) is -0.0940. The normalized spacial score (nSPS) is 18.0. The number of methoxy groups -OCH3 is 1. The molecule has 2 heterocycles. The highest BCUT2D eigenvalue weighted by atomic mass is 19.4. The topological polar surface area (TPSA) is 142 Å². The van der Waals surface area contributed by atoms with Crippen LogP contribution in [0.1, 0.15) is 54.7 Å². The molecule has 0 saturated heterocycles. The molecule has 0 aliphatic heterocycles. The number of aromatic nitrogens is 2. The summed E-state index contributed by atoms with van der Waals surface area (Å²) in [5, 5.41) is 5.68. The molecule has 1 saturated carbocycles. The maximum atomic E-state index is 13.3. The lowest BCUT2D eigenvalue weighted by atomic mass is 9.82. The molecule has 4 rings (SSSR count). The summed E-state index contributed by atoms with van der Waals surface area (Å²) in [6, 6.07) is 4.45.